The first kappa shape index (κ1) is 21.0. The lowest BCUT2D eigenvalue weighted by Crippen LogP contribution is -2.12. The molecule has 0 spiro atoms. The van der Waals surface area contributed by atoms with E-state index in [1.807, 2.05) is 38.2 Å². The second-order valence-corrected chi connectivity index (χ2v) is 8.28. The molecule has 0 radical (unpaired) electrons. The summed E-state index contributed by atoms with van der Waals surface area (Å²) >= 11 is 6.21. The lowest BCUT2D eigenvalue weighted by atomic mass is 10.0. The monoisotopic (exact) mass is 459 g/mol. The van der Waals surface area contributed by atoms with Gasteiger partial charge in [0.05, 0.1) is 29.5 Å². The minimum Gasteiger partial charge on any atom is -0.454 e. The molecule has 5 rings (SSSR count). The number of nitrogens with zero attached hydrogens (tertiary/aromatic N) is 4. The number of amides is 1. The average Bonchev–Trinajstić information content (AvgIpc) is 3.52. The highest BCUT2D eigenvalue weighted by Crippen LogP contribution is 2.21. The minimum absolute atomic E-state index is 0.209. The Hall–Kier alpha value is -3.84. The Kier molecular flexibility index (Phi) is 5.48. The van der Waals surface area contributed by atoms with E-state index < -0.39 is 0 Å². The normalized spacial score (nSPS) is 11.2. The van der Waals surface area contributed by atoms with Crippen LogP contribution in [0.15, 0.2) is 71.3 Å². The van der Waals surface area contributed by atoms with Crippen LogP contribution < -0.4 is 5.32 Å². The van der Waals surface area contributed by atoms with Gasteiger partial charge in [-0.1, -0.05) is 54.1 Å². The molecule has 0 saturated carbocycles. The number of nitrogens with one attached hydrogen (secondary N) is 1. The van der Waals surface area contributed by atoms with Crippen LogP contribution in [0.3, 0.4) is 0 Å². The van der Waals surface area contributed by atoms with Gasteiger partial charge in [-0.05, 0) is 42.3 Å². The molecule has 1 N–H and O–H groups in total. The highest BCUT2D eigenvalue weighted by molar-refractivity contribution is 6.31. The molecule has 0 aliphatic carbocycles. The highest BCUT2D eigenvalue weighted by atomic mass is 35.5. The standard InChI is InChI=1S/C25H22ClN5O2/c1-16-24(26)17(2)31(28-16)15-20-10-11-22(33-20)25(32)27-23-12-13-30(29-23)14-19-8-5-7-18-6-3-4-9-21(18)19/h3-13H,14-15H2,1-2H3,(H,27,29,32). The first-order valence-electron chi connectivity index (χ1n) is 10.6. The van der Waals surface area contributed by atoms with Crippen LogP contribution >= 0.6 is 11.6 Å². The number of carbonyl (C=O) groups excluding carboxylic acids is 1. The van der Waals surface area contributed by atoms with Gasteiger partial charge in [0.2, 0.25) is 0 Å². The fourth-order valence-corrected chi connectivity index (χ4v) is 4.00. The summed E-state index contributed by atoms with van der Waals surface area (Å²) in [4.78, 5) is 12.6. The summed E-state index contributed by atoms with van der Waals surface area (Å²) in [6.45, 7) is 4.75. The Labute approximate surface area is 195 Å². The van der Waals surface area contributed by atoms with E-state index in [9.17, 15) is 4.79 Å². The summed E-state index contributed by atoms with van der Waals surface area (Å²) in [7, 11) is 0. The van der Waals surface area contributed by atoms with Crippen molar-refractivity contribution in [2.45, 2.75) is 26.9 Å². The number of halogens is 1. The Balaban J connectivity index is 1.26. The third-order valence-corrected chi connectivity index (χ3v) is 6.13. The predicted octanol–water partition coefficient (Wildman–Crippen LogP) is 5.44. The SMILES string of the molecule is Cc1nn(Cc2ccc(C(=O)Nc3ccn(Cc4cccc5ccccc45)n3)o2)c(C)c1Cl. The summed E-state index contributed by atoms with van der Waals surface area (Å²) in [6.07, 6.45) is 1.84. The Bertz CT molecular complexity index is 1460. The van der Waals surface area contributed by atoms with E-state index in [1.165, 1.54) is 10.8 Å². The Morgan fingerprint density at radius 3 is 2.64 bits per heavy atom. The number of hydrogen-bond donors (Lipinski definition) is 1. The summed E-state index contributed by atoms with van der Waals surface area (Å²) in [5.74, 6) is 0.928. The largest absolute Gasteiger partial charge is 0.454 e. The second-order valence-electron chi connectivity index (χ2n) is 7.90. The van der Waals surface area contributed by atoms with Gasteiger partial charge < -0.3 is 9.73 Å². The summed E-state index contributed by atoms with van der Waals surface area (Å²) in [6, 6.07) is 19.6. The minimum atomic E-state index is -0.358. The quantitative estimate of drug-likeness (QED) is 0.366. The number of fused-ring (bicyclic) bond motifs is 1. The second kappa shape index (κ2) is 8.60. The first-order chi connectivity index (χ1) is 16.0. The molecule has 3 aromatic heterocycles. The van der Waals surface area contributed by atoms with Crippen molar-refractivity contribution < 1.29 is 9.21 Å². The molecule has 1 amide bonds. The zero-order chi connectivity index (χ0) is 22.9. The number of anilines is 1. The molecule has 0 unspecified atom stereocenters. The van der Waals surface area contributed by atoms with E-state index in [1.54, 1.807) is 27.6 Å². The first-order valence-corrected chi connectivity index (χ1v) is 11.0. The van der Waals surface area contributed by atoms with Crippen LogP contribution in [0.4, 0.5) is 5.82 Å². The number of rotatable bonds is 6. The van der Waals surface area contributed by atoms with Crippen molar-refractivity contribution >= 4 is 34.1 Å². The summed E-state index contributed by atoms with van der Waals surface area (Å²) in [5.41, 5.74) is 2.78. The van der Waals surface area contributed by atoms with Gasteiger partial charge in [0.15, 0.2) is 11.6 Å². The number of benzene rings is 2. The maximum absolute atomic E-state index is 12.6. The van der Waals surface area contributed by atoms with Gasteiger partial charge in [-0.3, -0.25) is 14.2 Å². The van der Waals surface area contributed by atoms with E-state index >= 15 is 0 Å². The number of hydrogen-bond acceptors (Lipinski definition) is 4. The number of carbonyl (C=O) groups is 1. The molecule has 7 nitrogen and oxygen atoms in total. The van der Waals surface area contributed by atoms with Gasteiger partial charge in [-0.2, -0.15) is 10.2 Å². The zero-order valence-electron chi connectivity index (χ0n) is 18.2. The van der Waals surface area contributed by atoms with E-state index in [2.05, 4.69) is 39.8 Å². The van der Waals surface area contributed by atoms with Crippen molar-refractivity contribution in [2.75, 3.05) is 5.32 Å². The predicted molar refractivity (Wildman–Crippen MR) is 128 cm³/mol. The molecule has 0 bridgehead atoms. The van der Waals surface area contributed by atoms with E-state index in [-0.39, 0.29) is 11.7 Å². The van der Waals surface area contributed by atoms with Gasteiger partial charge in [0, 0.05) is 12.3 Å². The van der Waals surface area contributed by atoms with Crippen molar-refractivity contribution in [3.05, 3.63) is 100 Å². The maximum Gasteiger partial charge on any atom is 0.292 e. The molecule has 0 fully saturated rings. The molecule has 0 saturated heterocycles. The van der Waals surface area contributed by atoms with Crippen LogP contribution in [-0.4, -0.2) is 25.5 Å². The van der Waals surface area contributed by atoms with Gasteiger partial charge in [0.25, 0.3) is 5.91 Å². The van der Waals surface area contributed by atoms with Gasteiger partial charge in [0.1, 0.15) is 5.76 Å². The molecule has 3 heterocycles. The number of aromatic nitrogens is 4. The van der Waals surface area contributed by atoms with Crippen molar-refractivity contribution in [1.82, 2.24) is 19.6 Å². The van der Waals surface area contributed by atoms with Crippen LogP contribution in [-0.2, 0) is 13.1 Å². The lowest BCUT2D eigenvalue weighted by molar-refractivity contribution is 0.0994. The van der Waals surface area contributed by atoms with Crippen LogP contribution in [0, 0.1) is 13.8 Å². The van der Waals surface area contributed by atoms with E-state index in [0.29, 0.717) is 29.7 Å². The smallest absolute Gasteiger partial charge is 0.292 e. The fourth-order valence-electron chi connectivity index (χ4n) is 3.86. The zero-order valence-corrected chi connectivity index (χ0v) is 19.0. The molecule has 2 aromatic carbocycles. The van der Waals surface area contributed by atoms with Crippen LogP contribution in [0.1, 0.15) is 33.3 Å². The van der Waals surface area contributed by atoms with Gasteiger partial charge in [-0.15, -0.1) is 0 Å². The summed E-state index contributed by atoms with van der Waals surface area (Å²) in [5, 5.41) is 14.7. The summed E-state index contributed by atoms with van der Waals surface area (Å²) < 4.78 is 9.29. The molecular formula is C25H22ClN5O2. The lowest BCUT2D eigenvalue weighted by Gasteiger charge is -2.07. The fraction of sp³-hybridized carbons (Fsp3) is 0.160. The van der Waals surface area contributed by atoms with Crippen molar-refractivity contribution in [2.24, 2.45) is 0 Å². The third-order valence-electron chi connectivity index (χ3n) is 5.58. The van der Waals surface area contributed by atoms with Gasteiger partial charge in [-0.25, -0.2) is 0 Å². The molecule has 0 atom stereocenters. The molecule has 8 heteroatoms. The molecule has 166 valence electrons. The third kappa shape index (κ3) is 4.27. The van der Waals surface area contributed by atoms with Crippen LogP contribution in [0.5, 0.6) is 0 Å². The molecular weight excluding hydrogens is 438 g/mol. The van der Waals surface area contributed by atoms with Crippen molar-refractivity contribution in [3.63, 3.8) is 0 Å². The van der Waals surface area contributed by atoms with Gasteiger partial charge >= 0.3 is 0 Å². The van der Waals surface area contributed by atoms with Crippen LogP contribution in [0.25, 0.3) is 10.8 Å². The molecule has 0 aliphatic heterocycles. The molecule has 33 heavy (non-hydrogen) atoms. The van der Waals surface area contributed by atoms with E-state index in [4.69, 9.17) is 16.0 Å². The Morgan fingerprint density at radius 1 is 1.00 bits per heavy atom. The molecule has 5 aromatic rings. The number of aryl methyl sites for hydroxylation is 1. The highest BCUT2D eigenvalue weighted by Gasteiger charge is 2.15. The van der Waals surface area contributed by atoms with E-state index in [0.717, 1.165) is 17.0 Å². The average molecular weight is 460 g/mol. The van der Waals surface area contributed by atoms with Crippen LogP contribution in [0.2, 0.25) is 5.02 Å². The maximum atomic E-state index is 12.6. The van der Waals surface area contributed by atoms with Crippen molar-refractivity contribution in [3.8, 4) is 0 Å². The van der Waals surface area contributed by atoms with Crippen molar-refractivity contribution in [1.29, 1.82) is 0 Å². The Morgan fingerprint density at radius 2 is 1.82 bits per heavy atom. The number of furan rings is 1. The molecule has 0 aliphatic rings. The topological polar surface area (TPSA) is 77.9 Å².